The van der Waals surface area contributed by atoms with E-state index in [-0.39, 0.29) is 17.6 Å². The fourth-order valence-corrected chi connectivity index (χ4v) is 4.01. The number of carbonyl (C=O) groups excluding carboxylic acids is 1. The van der Waals surface area contributed by atoms with Gasteiger partial charge in [0, 0.05) is 18.6 Å². The van der Waals surface area contributed by atoms with Crippen LogP contribution in [0.2, 0.25) is 5.02 Å². The molecule has 0 bridgehead atoms. The quantitative estimate of drug-likeness (QED) is 0.790. The molecule has 0 radical (unpaired) electrons. The number of hydrogen-bond donors (Lipinski definition) is 1. The Morgan fingerprint density at radius 1 is 1.19 bits per heavy atom. The predicted octanol–water partition coefficient (Wildman–Crippen LogP) is 2.39. The van der Waals surface area contributed by atoms with Crippen LogP contribution < -0.4 is 14.2 Å². The standard InChI is InChI=1S/C18H19ClN2O5S/c1-12(20-27(23,24)15-6-4-14(19)5-7-15)18(22)21(2)10-13-3-8-16-17(9-13)26-11-25-16/h3-9,12,20H,10-11H2,1-2H3/t12-/m0/s1. The van der Waals surface area contributed by atoms with Gasteiger partial charge in [0.25, 0.3) is 0 Å². The number of amides is 1. The van der Waals surface area contributed by atoms with Crippen molar-refractivity contribution >= 4 is 27.5 Å². The average molecular weight is 411 g/mol. The van der Waals surface area contributed by atoms with Gasteiger partial charge >= 0.3 is 0 Å². The molecule has 0 unspecified atom stereocenters. The van der Waals surface area contributed by atoms with Crippen LogP contribution in [0.5, 0.6) is 11.5 Å². The second kappa shape index (κ2) is 7.75. The summed E-state index contributed by atoms with van der Waals surface area (Å²) in [6, 6.07) is 10.2. The Hall–Kier alpha value is -2.29. The molecule has 1 amide bonds. The third-order valence-electron chi connectivity index (χ3n) is 4.06. The molecule has 1 heterocycles. The molecule has 3 rings (SSSR count). The lowest BCUT2D eigenvalue weighted by atomic mass is 10.2. The van der Waals surface area contributed by atoms with Crippen LogP contribution in [0, 0.1) is 0 Å². The maximum atomic E-state index is 12.6. The highest BCUT2D eigenvalue weighted by atomic mass is 35.5. The van der Waals surface area contributed by atoms with Crippen molar-refractivity contribution in [1.29, 1.82) is 0 Å². The molecule has 7 nitrogen and oxygen atoms in total. The molecule has 27 heavy (non-hydrogen) atoms. The zero-order valence-corrected chi connectivity index (χ0v) is 16.4. The molecule has 1 aliphatic rings. The van der Waals surface area contributed by atoms with Gasteiger partial charge in [0.05, 0.1) is 10.9 Å². The summed E-state index contributed by atoms with van der Waals surface area (Å²) in [6.45, 7) is 1.99. The van der Waals surface area contributed by atoms with Gasteiger partial charge < -0.3 is 14.4 Å². The number of likely N-dealkylation sites (N-methyl/N-ethyl adjacent to an activating group) is 1. The molecule has 0 spiro atoms. The lowest BCUT2D eigenvalue weighted by Gasteiger charge is -2.22. The molecule has 0 aromatic heterocycles. The molecule has 1 aliphatic heterocycles. The molecular formula is C18H19ClN2O5S. The summed E-state index contributed by atoms with van der Waals surface area (Å²) < 4.78 is 37.8. The first-order valence-electron chi connectivity index (χ1n) is 8.17. The van der Waals surface area contributed by atoms with Crippen molar-refractivity contribution in [1.82, 2.24) is 9.62 Å². The number of benzene rings is 2. The van der Waals surface area contributed by atoms with E-state index in [1.165, 1.54) is 36.1 Å². The van der Waals surface area contributed by atoms with Crippen LogP contribution in [-0.4, -0.2) is 39.1 Å². The number of nitrogens with zero attached hydrogens (tertiary/aromatic N) is 1. The van der Waals surface area contributed by atoms with E-state index in [1.807, 2.05) is 6.07 Å². The van der Waals surface area contributed by atoms with E-state index in [1.54, 1.807) is 19.2 Å². The summed E-state index contributed by atoms with van der Waals surface area (Å²) >= 11 is 5.78. The normalized spacial score (nSPS) is 14.0. The van der Waals surface area contributed by atoms with E-state index >= 15 is 0 Å². The smallest absolute Gasteiger partial charge is 0.241 e. The van der Waals surface area contributed by atoms with E-state index in [9.17, 15) is 13.2 Å². The second-order valence-electron chi connectivity index (χ2n) is 6.18. The van der Waals surface area contributed by atoms with Gasteiger partial charge in [0.15, 0.2) is 11.5 Å². The molecule has 0 aliphatic carbocycles. The monoisotopic (exact) mass is 410 g/mol. The Morgan fingerprint density at radius 3 is 2.56 bits per heavy atom. The van der Waals surface area contributed by atoms with Gasteiger partial charge in [-0.1, -0.05) is 17.7 Å². The van der Waals surface area contributed by atoms with Gasteiger partial charge in [0.1, 0.15) is 0 Å². The van der Waals surface area contributed by atoms with Crippen molar-refractivity contribution in [3.63, 3.8) is 0 Å². The number of fused-ring (bicyclic) bond motifs is 1. The van der Waals surface area contributed by atoms with Crippen molar-refractivity contribution in [3.8, 4) is 11.5 Å². The van der Waals surface area contributed by atoms with Crippen molar-refractivity contribution in [2.45, 2.75) is 24.4 Å². The second-order valence-corrected chi connectivity index (χ2v) is 8.33. The minimum Gasteiger partial charge on any atom is -0.454 e. The zero-order valence-electron chi connectivity index (χ0n) is 14.8. The molecule has 0 fully saturated rings. The van der Waals surface area contributed by atoms with Gasteiger partial charge in [-0.05, 0) is 48.9 Å². The molecule has 144 valence electrons. The molecule has 2 aromatic carbocycles. The summed E-state index contributed by atoms with van der Waals surface area (Å²) in [5.74, 6) is 0.937. The maximum absolute atomic E-state index is 12.6. The number of nitrogens with one attached hydrogen (secondary N) is 1. The van der Waals surface area contributed by atoms with Crippen LogP contribution in [-0.2, 0) is 21.4 Å². The highest BCUT2D eigenvalue weighted by molar-refractivity contribution is 7.89. The minimum absolute atomic E-state index is 0.0463. The summed E-state index contributed by atoms with van der Waals surface area (Å²) in [5.41, 5.74) is 0.850. The van der Waals surface area contributed by atoms with Crippen molar-refractivity contribution in [3.05, 3.63) is 53.1 Å². The van der Waals surface area contributed by atoms with Crippen molar-refractivity contribution in [2.75, 3.05) is 13.8 Å². The molecule has 1 N–H and O–H groups in total. The minimum atomic E-state index is -3.83. The van der Waals surface area contributed by atoms with Crippen LogP contribution in [0.15, 0.2) is 47.4 Å². The predicted molar refractivity (Wildman–Crippen MR) is 100 cm³/mol. The highest BCUT2D eigenvalue weighted by Crippen LogP contribution is 2.32. The SMILES string of the molecule is C[C@H](NS(=O)(=O)c1ccc(Cl)cc1)C(=O)N(C)Cc1ccc2c(c1)OCO2. The van der Waals surface area contributed by atoms with E-state index in [4.69, 9.17) is 21.1 Å². The van der Waals surface area contributed by atoms with Gasteiger partial charge in [-0.2, -0.15) is 4.72 Å². The largest absolute Gasteiger partial charge is 0.454 e. The van der Waals surface area contributed by atoms with Gasteiger partial charge in [0.2, 0.25) is 22.7 Å². The van der Waals surface area contributed by atoms with Crippen LogP contribution >= 0.6 is 11.6 Å². The Morgan fingerprint density at radius 2 is 1.85 bits per heavy atom. The van der Waals surface area contributed by atoms with Crippen LogP contribution in [0.1, 0.15) is 12.5 Å². The number of halogens is 1. The zero-order chi connectivity index (χ0) is 19.6. The topological polar surface area (TPSA) is 84.9 Å². The average Bonchev–Trinajstić information content (AvgIpc) is 3.08. The van der Waals surface area contributed by atoms with Crippen LogP contribution in [0.4, 0.5) is 0 Å². The van der Waals surface area contributed by atoms with E-state index < -0.39 is 16.1 Å². The Balaban J connectivity index is 1.64. The lowest BCUT2D eigenvalue weighted by Crippen LogP contribution is -2.45. The van der Waals surface area contributed by atoms with E-state index in [2.05, 4.69) is 4.72 Å². The fraction of sp³-hybridized carbons (Fsp3) is 0.278. The number of sulfonamides is 1. The first kappa shape index (κ1) is 19.5. The first-order chi connectivity index (χ1) is 12.8. The summed E-state index contributed by atoms with van der Waals surface area (Å²) in [6.07, 6.45) is 0. The molecule has 2 aromatic rings. The Bertz CT molecular complexity index is 947. The summed E-state index contributed by atoms with van der Waals surface area (Å²) in [4.78, 5) is 14.1. The number of hydrogen-bond acceptors (Lipinski definition) is 5. The number of rotatable bonds is 6. The van der Waals surface area contributed by atoms with Crippen molar-refractivity contribution < 1.29 is 22.7 Å². The third kappa shape index (κ3) is 4.52. The van der Waals surface area contributed by atoms with Crippen LogP contribution in [0.3, 0.4) is 0 Å². The molecule has 9 heteroatoms. The number of ether oxygens (including phenoxy) is 2. The summed E-state index contributed by atoms with van der Waals surface area (Å²) in [7, 11) is -2.22. The number of carbonyl (C=O) groups is 1. The van der Waals surface area contributed by atoms with Crippen LogP contribution in [0.25, 0.3) is 0 Å². The van der Waals surface area contributed by atoms with E-state index in [0.29, 0.717) is 23.1 Å². The fourth-order valence-electron chi connectivity index (χ4n) is 2.69. The highest BCUT2D eigenvalue weighted by Gasteiger charge is 2.25. The van der Waals surface area contributed by atoms with Gasteiger partial charge in [-0.25, -0.2) is 8.42 Å². The molecule has 0 saturated carbocycles. The third-order valence-corrected chi connectivity index (χ3v) is 5.87. The Kier molecular flexibility index (Phi) is 5.59. The van der Waals surface area contributed by atoms with Crippen molar-refractivity contribution in [2.24, 2.45) is 0 Å². The molecular weight excluding hydrogens is 392 g/mol. The first-order valence-corrected chi connectivity index (χ1v) is 10.0. The van der Waals surface area contributed by atoms with Gasteiger partial charge in [-0.15, -0.1) is 0 Å². The maximum Gasteiger partial charge on any atom is 0.241 e. The Labute approximate surface area is 162 Å². The summed E-state index contributed by atoms with van der Waals surface area (Å²) in [5, 5.41) is 0.432. The molecule has 1 atom stereocenters. The lowest BCUT2D eigenvalue weighted by molar-refractivity contribution is -0.131. The van der Waals surface area contributed by atoms with Gasteiger partial charge in [-0.3, -0.25) is 4.79 Å². The van der Waals surface area contributed by atoms with E-state index in [0.717, 1.165) is 5.56 Å². The molecule has 0 saturated heterocycles.